The number of rotatable bonds is 7. The van der Waals surface area contributed by atoms with Crippen molar-refractivity contribution in [2.45, 2.75) is 38.4 Å². The molecule has 3 nitrogen and oxygen atoms in total. The SMILES string of the molecule is CCN(Cc1cccs1)[C@@H](C(=O)NC1CC1)c1ccccc1. The number of benzene rings is 1. The number of hydrogen-bond donors (Lipinski definition) is 1. The van der Waals surface area contributed by atoms with Gasteiger partial charge in [0.2, 0.25) is 5.91 Å². The molecule has 116 valence electrons. The lowest BCUT2D eigenvalue weighted by Gasteiger charge is -2.30. The van der Waals surface area contributed by atoms with Crippen LogP contribution in [0, 0.1) is 0 Å². The third kappa shape index (κ3) is 3.76. The van der Waals surface area contributed by atoms with Gasteiger partial charge < -0.3 is 5.32 Å². The van der Waals surface area contributed by atoms with E-state index in [1.165, 1.54) is 4.88 Å². The van der Waals surface area contributed by atoms with Crippen LogP contribution in [0.1, 0.15) is 36.2 Å². The minimum absolute atomic E-state index is 0.132. The Bertz CT molecular complexity index is 593. The highest BCUT2D eigenvalue weighted by molar-refractivity contribution is 7.09. The van der Waals surface area contributed by atoms with Gasteiger partial charge in [-0.25, -0.2) is 0 Å². The second-order valence-electron chi connectivity index (χ2n) is 5.74. The number of carbonyl (C=O) groups excluding carboxylic acids is 1. The molecule has 1 atom stereocenters. The molecule has 0 radical (unpaired) electrons. The third-order valence-corrected chi connectivity index (χ3v) is 4.86. The Morgan fingerprint density at radius 3 is 2.64 bits per heavy atom. The zero-order chi connectivity index (χ0) is 15.4. The Kier molecular flexibility index (Phi) is 4.90. The van der Waals surface area contributed by atoms with Crippen molar-refractivity contribution in [3.8, 4) is 0 Å². The summed E-state index contributed by atoms with van der Waals surface area (Å²) in [6.07, 6.45) is 2.23. The first kappa shape index (κ1) is 15.3. The van der Waals surface area contributed by atoms with Crippen molar-refractivity contribution in [1.29, 1.82) is 0 Å². The molecule has 1 saturated carbocycles. The number of likely N-dealkylation sites (N-methyl/N-ethyl adjacent to an activating group) is 1. The summed E-state index contributed by atoms with van der Waals surface area (Å²) in [5.74, 6) is 0.132. The maximum atomic E-state index is 12.8. The molecule has 22 heavy (non-hydrogen) atoms. The van der Waals surface area contributed by atoms with Gasteiger partial charge >= 0.3 is 0 Å². The van der Waals surface area contributed by atoms with Gasteiger partial charge in [0, 0.05) is 17.5 Å². The molecule has 0 unspecified atom stereocenters. The van der Waals surface area contributed by atoms with Crippen LogP contribution in [0.4, 0.5) is 0 Å². The zero-order valence-corrected chi connectivity index (χ0v) is 13.7. The highest BCUT2D eigenvalue weighted by atomic mass is 32.1. The number of hydrogen-bond acceptors (Lipinski definition) is 3. The molecule has 0 bridgehead atoms. The summed E-state index contributed by atoms with van der Waals surface area (Å²) in [5, 5.41) is 5.26. The van der Waals surface area contributed by atoms with Crippen molar-refractivity contribution >= 4 is 17.2 Å². The van der Waals surface area contributed by atoms with Gasteiger partial charge in [0.1, 0.15) is 6.04 Å². The van der Waals surface area contributed by atoms with Crippen molar-refractivity contribution in [1.82, 2.24) is 10.2 Å². The highest BCUT2D eigenvalue weighted by Crippen LogP contribution is 2.27. The molecule has 1 fully saturated rings. The molecule has 1 N–H and O–H groups in total. The number of carbonyl (C=O) groups is 1. The Labute approximate surface area is 136 Å². The molecule has 1 aromatic heterocycles. The number of nitrogens with zero attached hydrogens (tertiary/aromatic N) is 1. The van der Waals surface area contributed by atoms with Crippen molar-refractivity contribution in [2.24, 2.45) is 0 Å². The lowest BCUT2D eigenvalue weighted by molar-refractivity contribution is -0.127. The van der Waals surface area contributed by atoms with E-state index < -0.39 is 0 Å². The molecule has 1 aromatic carbocycles. The van der Waals surface area contributed by atoms with Crippen LogP contribution in [0.5, 0.6) is 0 Å². The van der Waals surface area contributed by atoms with Gasteiger partial charge in [-0.05, 0) is 36.4 Å². The minimum Gasteiger partial charge on any atom is -0.352 e. The predicted molar refractivity (Wildman–Crippen MR) is 90.8 cm³/mol. The van der Waals surface area contributed by atoms with Gasteiger partial charge in [-0.3, -0.25) is 9.69 Å². The minimum atomic E-state index is -0.214. The van der Waals surface area contributed by atoms with Crippen molar-refractivity contribution in [3.63, 3.8) is 0 Å². The van der Waals surface area contributed by atoms with Crippen LogP contribution in [0.15, 0.2) is 47.8 Å². The first-order chi connectivity index (χ1) is 10.8. The maximum Gasteiger partial charge on any atom is 0.242 e. The molecule has 1 heterocycles. The van der Waals surface area contributed by atoms with Crippen molar-refractivity contribution < 1.29 is 4.79 Å². The van der Waals surface area contributed by atoms with Crippen LogP contribution in [0.3, 0.4) is 0 Å². The van der Waals surface area contributed by atoms with Crippen molar-refractivity contribution in [3.05, 3.63) is 58.3 Å². The van der Waals surface area contributed by atoms with Gasteiger partial charge in [-0.15, -0.1) is 11.3 Å². The molecule has 0 saturated heterocycles. The van der Waals surface area contributed by atoms with Crippen LogP contribution in [-0.4, -0.2) is 23.4 Å². The normalized spacial score (nSPS) is 15.7. The Hall–Kier alpha value is -1.65. The average molecular weight is 314 g/mol. The van der Waals surface area contributed by atoms with Crippen LogP contribution in [0.25, 0.3) is 0 Å². The van der Waals surface area contributed by atoms with E-state index in [1.807, 2.05) is 30.3 Å². The lowest BCUT2D eigenvalue weighted by atomic mass is 10.0. The van der Waals surface area contributed by atoms with Gasteiger partial charge in [-0.1, -0.05) is 43.3 Å². The first-order valence-electron chi connectivity index (χ1n) is 7.89. The monoisotopic (exact) mass is 314 g/mol. The summed E-state index contributed by atoms with van der Waals surface area (Å²) in [5.41, 5.74) is 1.07. The zero-order valence-electron chi connectivity index (χ0n) is 12.9. The fourth-order valence-electron chi connectivity index (χ4n) is 2.66. The molecule has 1 aliphatic carbocycles. The second kappa shape index (κ2) is 7.07. The summed E-state index contributed by atoms with van der Waals surface area (Å²) in [7, 11) is 0. The summed E-state index contributed by atoms with van der Waals surface area (Å²) < 4.78 is 0. The predicted octanol–water partition coefficient (Wildman–Crippen LogP) is 3.59. The van der Waals surface area contributed by atoms with Gasteiger partial charge in [0.05, 0.1) is 0 Å². The molecule has 4 heteroatoms. The summed E-state index contributed by atoms with van der Waals surface area (Å²) >= 11 is 1.74. The Balaban J connectivity index is 1.83. The van der Waals surface area contributed by atoms with Crippen molar-refractivity contribution in [2.75, 3.05) is 6.54 Å². The second-order valence-corrected chi connectivity index (χ2v) is 6.77. The van der Waals surface area contributed by atoms with Crippen LogP contribution in [-0.2, 0) is 11.3 Å². The molecule has 1 aliphatic rings. The first-order valence-corrected chi connectivity index (χ1v) is 8.77. The lowest BCUT2D eigenvalue weighted by Crippen LogP contribution is -2.41. The van der Waals surface area contributed by atoms with E-state index in [4.69, 9.17) is 0 Å². The molecular weight excluding hydrogens is 292 g/mol. The van der Waals surface area contributed by atoms with Gasteiger partial charge in [0.15, 0.2) is 0 Å². The topological polar surface area (TPSA) is 32.3 Å². The van der Waals surface area contributed by atoms with Crippen LogP contribution < -0.4 is 5.32 Å². The standard InChI is InChI=1S/C18H22N2OS/c1-2-20(13-16-9-6-12-22-16)17(14-7-4-3-5-8-14)18(21)19-15-10-11-15/h3-9,12,15,17H,2,10-11,13H2,1H3,(H,19,21)/t17-/m1/s1. The summed E-state index contributed by atoms with van der Waals surface area (Å²) in [6.45, 7) is 3.77. The fraction of sp³-hybridized carbons (Fsp3) is 0.389. The summed E-state index contributed by atoms with van der Waals surface area (Å²) in [4.78, 5) is 16.3. The van der Waals surface area contributed by atoms with Gasteiger partial charge in [0.25, 0.3) is 0 Å². The molecule has 3 rings (SSSR count). The third-order valence-electron chi connectivity index (χ3n) is 4.00. The maximum absolute atomic E-state index is 12.8. The average Bonchev–Trinajstić information content (AvgIpc) is 3.20. The Morgan fingerprint density at radius 1 is 1.27 bits per heavy atom. The van der Waals surface area contributed by atoms with Crippen LogP contribution >= 0.6 is 11.3 Å². The van der Waals surface area contributed by atoms with E-state index >= 15 is 0 Å². The molecule has 0 spiro atoms. The quantitative estimate of drug-likeness (QED) is 0.847. The van der Waals surface area contributed by atoms with E-state index in [-0.39, 0.29) is 11.9 Å². The van der Waals surface area contributed by atoms with Crippen LogP contribution in [0.2, 0.25) is 0 Å². The molecule has 1 amide bonds. The number of thiophene rings is 1. The van der Waals surface area contributed by atoms with E-state index in [2.05, 4.69) is 34.7 Å². The fourth-order valence-corrected chi connectivity index (χ4v) is 3.39. The Morgan fingerprint density at radius 2 is 2.05 bits per heavy atom. The molecule has 2 aromatic rings. The molecule has 0 aliphatic heterocycles. The van der Waals surface area contributed by atoms with E-state index in [0.717, 1.165) is 31.5 Å². The van der Waals surface area contributed by atoms with E-state index in [0.29, 0.717) is 6.04 Å². The summed E-state index contributed by atoms with van der Waals surface area (Å²) in [6, 6.07) is 14.5. The molecular formula is C18H22N2OS. The number of amides is 1. The largest absolute Gasteiger partial charge is 0.352 e. The van der Waals surface area contributed by atoms with E-state index in [9.17, 15) is 4.79 Å². The van der Waals surface area contributed by atoms with Gasteiger partial charge in [-0.2, -0.15) is 0 Å². The smallest absolute Gasteiger partial charge is 0.242 e. The van der Waals surface area contributed by atoms with E-state index in [1.54, 1.807) is 11.3 Å². The number of nitrogens with one attached hydrogen (secondary N) is 1. The highest BCUT2D eigenvalue weighted by Gasteiger charge is 2.31.